The summed E-state index contributed by atoms with van der Waals surface area (Å²) < 4.78 is 0. The van der Waals surface area contributed by atoms with Gasteiger partial charge in [-0.05, 0) is 69.2 Å². The molecular weight excluding hydrogens is 244 g/mol. The van der Waals surface area contributed by atoms with E-state index in [0.717, 1.165) is 35.8 Å². The number of rotatable bonds is 6. The Balaban J connectivity index is 1.56. The molecule has 3 unspecified atom stereocenters. The van der Waals surface area contributed by atoms with Gasteiger partial charge in [-0.25, -0.2) is 0 Å². The van der Waals surface area contributed by atoms with Crippen molar-refractivity contribution in [2.45, 2.75) is 71.4 Å². The van der Waals surface area contributed by atoms with E-state index in [1.165, 1.54) is 58.2 Å². The number of nitrogens with one attached hydrogen (secondary N) is 1. The van der Waals surface area contributed by atoms with Crippen molar-refractivity contribution < 1.29 is 0 Å². The lowest BCUT2D eigenvalue weighted by Gasteiger charge is -2.46. The van der Waals surface area contributed by atoms with E-state index in [1.54, 1.807) is 0 Å². The topological polar surface area (TPSA) is 15.3 Å². The summed E-state index contributed by atoms with van der Waals surface area (Å²) in [5.74, 6) is 3.72. The van der Waals surface area contributed by atoms with Crippen LogP contribution < -0.4 is 5.32 Å². The molecule has 1 aliphatic heterocycles. The summed E-state index contributed by atoms with van der Waals surface area (Å²) in [5.41, 5.74) is 0. The molecule has 0 spiro atoms. The van der Waals surface area contributed by atoms with Gasteiger partial charge >= 0.3 is 0 Å². The molecule has 3 atom stereocenters. The molecule has 2 saturated carbocycles. The lowest BCUT2D eigenvalue weighted by Crippen LogP contribution is -2.55. The Morgan fingerprint density at radius 1 is 1.00 bits per heavy atom. The summed E-state index contributed by atoms with van der Waals surface area (Å²) >= 11 is 0. The van der Waals surface area contributed by atoms with E-state index in [4.69, 9.17) is 0 Å². The first-order valence-electron chi connectivity index (χ1n) is 9.11. The highest BCUT2D eigenvalue weighted by atomic mass is 15.2. The third-order valence-corrected chi connectivity index (χ3v) is 6.25. The molecule has 3 aliphatic rings. The number of hydrogen-bond acceptors (Lipinski definition) is 2. The van der Waals surface area contributed by atoms with Crippen molar-refractivity contribution >= 4 is 0 Å². The highest BCUT2D eigenvalue weighted by Crippen LogP contribution is 2.35. The fourth-order valence-electron chi connectivity index (χ4n) is 4.01. The first-order chi connectivity index (χ1) is 9.63. The van der Waals surface area contributed by atoms with Gasteiger partial charge in [0.1, 0.15) is 0 Å². The molecule has 3 rings (SSSR count). The van der Waals surface area contributed by atoms with E-state index in [2.05, 4.69) is 31.0 Å². The molecule has 2 heteroatoms. The molecule has 3 fully saturated rings. The van der Waals surface area contributed by atoms with Gasteiger partial charge in [0, 0.05) is 25.2 Å². The van der Waals surface area contributed by atoms with Crippen LogP contribution in [0.3, 0.4) is 0 Å². The quantitative estimate of drug-likeness (QED) is 0.800. The first-order valence-corrected chi connectivity index (χ1v) is 9.11. The van der Waals surface area contributed by atoms with Crippen LogP contribution in [0.1, 0.15) is 59.3 Å². The molecular formula is C18H34N2. The van der Waals surface area contributed by atoms with E-state index in [-0.39, 0.29) is 0 Å². The summed E-state index contributed by atoms with van der Waals surface area (Å²) in [5, 5.41) is 3.89. The maximum absolute atomic E-state index is 3.89. The molecule has 0 aromatic heterocycles. The molecule has 2 nitrogen and oxygen atoms in total. The average Bonchev–Trinajstić information content (AvgIpc) is 3.17. The SMILES string of the molecule is CC(C)C1CC(NCC2CC2)CN(C(C)C2CCC2)C1. The number of nitrogens with zero attached hydrogens (tertiary/aromatic N) is 1. The number of likely N-dealkylation sites (tertiary alicyclic amines) is 1. The molecule has 0 aromatic rings. The summed E-state index contributed by atoms with van der Waals surface area (Å²) in [7, 11) is 0. The van der Waals surface area contributed by atoms with Crippen LogP contribution in [0.15, 0.2) is 0 Å². The molecule has 2 aliphatic carbocycles. The molecule has 116 valence electrons. The van der Waals surface area contributed by atoms with Crippen molar-refractivity contribution in [2.24, 2.45) is 23.7 Å². The van der Waals surface area contributed by atoms with Gasteiger partial charge in [-0.15, -0.1) is 0 Å². The highest BCUT2D eigenvalue weighted by Gasteiger charge is 2.35. The van der Waals surface area contributed by atoms with E-state index in [0.29, 0.717) is 0 Å². The van der Waals surface area contributed by atoms with Crippen LogP contribution >= 0.6 is 0 Å². The zero-order chi connectivity index (χ0) is 14.1. The second kappa shape index (κ2) is 6.36. The third kappa shape index (κ3) is 3.57. The monoisotopic (exact) mass is 278 g/mol. The van der Waals surface area contributed by atoms with Crippen LogP contribution in [0, 0.1) is 23.7 Å². The zero-order valence-electron chi connectivity index (χ0n) is 13.8. The fraction of sp³-hybridized carbons (Fsp3) is 1.00. The van der Waals surface area contributed by atoms with Crippen molar-refractivity contribution in [1.29, 1.82) is 0 Å². The Morgan fingerprint density at radius 2 is 1.75 bits per heavy atom. The van der Waals surface area contributed by atoms with Crippen molar-refractivity contribution in [3.05, 3.63) is 0 Å². The van der Waals surface area contributed by atoms with Gasteiger partial charge in [0.2, 0.25) is 0 Å². The first kappa shape index (κ1) is 14.8. The van der Waals surface area contributed by atoms with E-state index in [1.807, 2.05) is 0 Å². The van der Waals surface area contributed by atoms with Crippen LogP contribution in [-0.4, -0.2) is 36.6 Å². The molecule has 1 heterocycles. The number of piperidine rings is 1. The average molecular weight is 278 g/mol. The van der Waals surface area contributed by atoms with Crippen molar-refractivity contribution in [3.8, 4) is 0 Å². The largest absolute Gasteiger partial charge is 0.312 e. The number of hydrogen-bond donors (Lipinski definition) is 1. The predicted octanol–water partition coefficient (Wildman–Crippen LogP) is 3.52. The van der Waals surface area contributed by atoms with Gasteiger partial charge in [0.05, 0.1) is 0 Å². The second-order valence-corrected chi connectivity index (χ2v) is 8.17. The minimum atomic E-state index is 0.749. The van der Waals surface area contributed by atoms with Crippen molar-refractivity contribution in [3.63, 3.8) is 0 Å². The predicted molar refractivity (Wildman–Crippen MR) is 85.8 cm³/mol. The van der Waals surface area contributed by atoms with Gasteiger partial charge in [-0.2, -0.15) is 0 Å². The Labute approximate surface area is 125 Å². The Morgan fingerprint density at radius 3 is 2.30 bits per heavy atom. The van der Waals surface area contributed by atoms with Gasteiger partial charge in [0.15, 0.2) is 0 Å². The molecule has 1 saturated heterocycles. The van der Waals surface area contributed by atoms with Gasteiger partial charge < -0.3 is 5.32 Å². The van der Waals surface area contributed by atoms with E-state index < -0.39 is 0 Å². The molecule has 0 amide bonds. The fourth-order valence-corrected chi connectivity index (χ4v) is 4.01. The Bertz CT molecular complexity index is 307. The molecule has 0 radical (unpaired) electrons. The summed E-state index contributed by atoms with van der Waals surface area (Å²) in [6.45, 7) is 11.2. The lowest BCUT2D eigenvalue weighted by molar-refractivity contribution is 0.0397. The third-order valence-electron chi connectivity index (χ3n) is 6.25. The van der Waals surface area contributed by atoms with Gasteiger partial charge in [-0.1, -0.05) is 20.3 Å². The molecule has 1 N–H and O–H groups in total. The van der Waals surface area contributed by atoms with Crippen LogP contribution in [0.25, 0.3) is 0 Å². The van der Waals surface area contributed by atoms with Crippen LogP contribution in [0.5, 0.6) is 0 Å². The van der Waals surface area contributed by atoms with Crippen LogP contribution in [-0.2, 0) is 0 Å². The Hall–Kier alpha value is -0.0800. The van der Waals surface area contributed by atoms with Crippen molar-refractivity contribution in [1.82, 2.24) is 10.2 Å². The lowest BCUT2D eigenvalue weighted by atomic mass is 9.77. The molecule has 0 bridgehead atoms. The normalized spacial score (nSPS) is 34.2. The summed E-state index contributed by atoms with van der Waals surface area (Å²) in [4.78, 5) is 2.82. The minimum Gasteiger partial charge on any atom is -0.312 e. The van der Waals surface area contributed by atoms with E-state index in [9.17, 15) is 0 Å². The standard InChI is InChI=1S/C18H34N2/c1-13(2)17-9-18(19-10-15-7-8-15)12-20(11-17)14(3)16-5-4-6-16/h13-19H,4-12H2,1-3H3. The van der Waals surface area contributed by atoms with Crippen molar-refractivity contribution in [2.75, 3.05) is 19.6 Å². The van der Waals surface area contributed by atoms with E-state index >= 15 is 0 Å². The maximum Gasteiger partial charge on any atom is 0.0198 e. The molecule has 20 heavy (non-hydrogen) atoms. The smallest absolute Gasteiger partial charge is 0.0198 e. The highest BCUT2D eigenvalue weighted by molar-refractivity contribution is 4.91. The Kier molecular flexibility index (Phi) is 4.72. The van der Waals surface area contributed by atoms with Crippen LogP contribution in [0.2, 0.25) is 0 Å². The summed E-state index contributed by atoms with van der Waals surface area (Å²) in [6.07, 6.45) is 8.76. The summed E-state index contributed by atoms with van der Waals surface area (Å²) in [6, 6.07) is 1.56. The van der Waals surface area contributed by atoms with Gasteiger partial charge in [-0.3, -0.25) is 4.90 Å². The van der Waals surface area contributed by atoms with Gasteiger partial charge in [0.25, 0.3) is 0 Å². The van der Waals surface area contributed by atoms with Crippen LogP contribution in [0.4, 0.5) is 0 Å². The maximum atomic E-state index is 3.89. The zero-order valence-corrected chi connectivity index (χ0v) is 13.8. The minimum absolute atomic E-state index is 0.749. The second-order valence-electron chi connectivity index (χ2n) is 8.17. The molecule has 0 aromatic carbocycles.